The molecule has 1 rings (SSSR count). The minimum atomic E-state index is -0.150. The van der Waals surface area contributed by atoms with Gasteiger partial charge in [-0.05, 0) is 32.1 Å². The van der Waals surface area contributed by atoms with Crippen molar-refractivity contribution in [2.24, 2.45) is 5.92 Å². The van der Waals surface area contributed by atoms with E-state index in [1.165, 1.54) is 6.42 Å². The summed E-state index contributed by atoms with van der Waals surface area (Å²) in [5, 5.41) is 16.9. The van der Waals surface area contributed by atoms with Gasteiger partial charge in [0.1, 0.15) is 0 Å². The fourth-order valence-corrected chi connectivity index (χ4v) is 1.73. The summed E-state index contributed by atoms with van der Waals surface area (Å²) >= 11 is 0. The Labute approximate surface area is 68.1 Å². The number of rotatable bonds is 1. The third-order valence-electron chi connectivity index (χ3n) is 2.51. The molecule has 1 aliphatic carbocycles. The van der Waals surface area contributed by atoms with Crippen LogP contribution in [0.15, 0.2) is 0 Å². The first-order valence-electron chi connectivity index (χ1n) is 4.43. The molecular formula is C9H17NO. The lowest BCUT2D eigenvalue weighted by molar-refractivity contribution is 0.150. The van der Waals surface area contributed by atoms with Gasteiger partial charge in [-0.15, -0.1) is 0 Å². The Hall–Kier alpha value is -0.370. The fraction of sp³-hybridized carbons (Fsp3) is 0.889. The van der Waals surface area contributed by atoms with E-state index < -0.39 is 0 Å². The molecule has 0 aromatic heterocycles. The molecule has 1 saturated carbocycles. The molecule has 0 aromatic carbocycles. The smallest absolute Gasteiger partial charge is 0.0546 e. The normalized spacial score (nSPS) is 32.9. The molecule has 0 saturated heterocycles. The first-order chi connectivity index (χ1) is 5.20. The quantitative estimate of drug-likeness (QED) is 0.441. The average molecular weight is 155 g/mol. The van der Waals surface area contributed by atoms with Gasteiger partial charge in [-0.2, -0.15) is 0 Å². The Balaban J connectivity index is 2.45. The molecule has 11 heavy (non-hydrogen) atoms. The van der Waals surface area contributed by atoms with E-state index in [-0.39, 0.29) is 6.10 Å². The number of aliphatic hydroxyl groups is 1. The van der Waals surface area contributed by atoms with Crippen molar-refractivity contribution >= 4 is 5.71 Å². The molecule has 0 radical (unpaired) electrons. The van der Waals surface area contributed by atoms with Crippen LogP contribution in [-0.2, 0) is 0 Å². The van der Waals surface area contributed by atoms with E-state index in [0.29, 0.717) is 5.92 Å². The van der Waals surface area contributed by atoms with E-state index in [2.05, 4.69) is 0 Å². The maximum absolute atomic E-state index is 9.41. The number of hydrogen-bond donors (Lipinski definition) is 2. The van der Waals surface area contributed by atoms with Crippen molar-refractivity contribution in [3.8, 4) is 0 Å². The van der Waals surface area contributed by atoms with Gasteiger partial charge in [0.15, 0.2) is 0 Å². The lowest BCUT2D eigenvalue weighted by Crippen LogP contribution is -2.15. The van der Waals surface area contributed by atoms with Crippen LogP contribution in [-0.4, -0.2) is 16.9 Å². The van der Waals surface area contributed by atoms with Crippen LogP contribution in [0.4, 0.5) is 0 Å². The lowest BCUT2D eigenvalue weighted by Gasteiger charge is -2.14. The number of nitrogens with one attached hydrogen (secondary N) is 1. The second-order valence-corrected chi connectivity index (χ2v) is 3.55. The number of aliphatic hydroxyl groups excluding tert-OH is 1. The van der Waals surface area contributed by atoms with Gasteiger partial charge in [-0.3, -0.25) is 0 Å². The third-order valence-corrected chi connectivity index (χ3v) is 2.51. The van der Waals surface area contributed by atoms with Gasteiger partial charge in [0.2, 0.25) is 0 Å². The maximum atomic E-state index is 9.41. The monoisotopic (exact) mass is 155 g/mol. The summed E-state index contributed by atoms with van der Waals surface area (Å²) in [5.41, 5.74) is 0.742. The van der Waals surface area contributed by atoms with Crippen LogP contribution in [0.3, 0.4) is 0 Å². The Kier molecular flexibility index (Phi) is 3.06. The van der Waals surface area contributed by atoms with Gasteiger partial charge in [0.25, 0.3) is 0 Å². The van der Waals surface area contributed by atoms with Crippen molar-refractivity contribution < 1.29 is 5.11 Å². The molecule has 0 amide bonds. The molecule has 64 valence electrons. The SMILES string of the molecule is CC(=N)C1CCCCC(O)C1. The zero-order valence-electron chi connectivity index (χ0n) is 7.14. The molecule has 2 heteroatoms. The van der Waals surface area contributed by atoms with Crippen molar-refractivity contribution in [2.75, 3.05) is 0 Å². The van der Waals surface area contributed by atoms with Crippen LogP contribution < -0.4 is 0 Å². The zero-order chi connectivity index (χ0) is 8.27. The van der Waals surface area contributed by atoms with Crippen LogP contribution in [0.25, 0.3) is 0 Å². The van der Waals surface area contributed by atoms with E-state index in [9.17, 15) is 5.11 Å². The van der Waals surface area contributed by atoms with Gasteiger partial charge >= 0.3 is 0 Å². The van der Waals surface area contributed by atoms with Crippen molar-refractivity contribution in [1.29, 1.82) is 5.41 Å². The van der Waals surface area contributed by atoms with Crippen molar-refractivity contribution in [3.63, 3.8) is 0 Å². The molecule has 0 aliphatic heterocycles. The standard InChI is InChI=1S/C9H17NO/c1-7(10)8-4-2-3-5-9(11)6-8/h8-11H,2-6H2,1H3. The van der Waals surface area contributed by atoms with E-state index in [1.54, 1.807) is 0 Å². The Morgan fingerprint density at radius 1 is 1.36 bits per heavy atom. The molecule has 2 atom stereocenters. The molecule has 0 aromatic rings. The second kappa shape index (κ2) is 3.86. The average Bonchev–Trinajstić information content (AvgIpc) is 2.13. The topological polar surface area (TPSA) is 44.1 Å². The maximum Gasteiger partial charge on any atom is 0.0546 e. The van der Waals surface area contributed by atoms with E-state index in [1.807, 2.05) is 6.92 Å². The third kappa shape index (κ3) is 2.62. The molecule has 2 N–H and O–H groups in total. The molecule has 0 heterocycles. The Morgan fingerprint density at radius 3 is 2.64 bits per heavy atom. The largest absolute Gasteiger partial charge is 0.393 e. The van der Waals surface area contributed by atoms with E-state index >= 15 is 0 Å². The van der Waals surface area contributed by atoms with Crippen LogP contribution in [0.2, 0.25) is 0 Å². The second-order valence-electron chi connectivity index (χ2n) is 3.55. The predicted molar refractivity (Wildman–Crippen MR) is 46.0 cm³/mol. The molecule has 2 nitrogen and oxygen atoms in total. The van der Waals surface area contributed by atoms with E-state index in [0.717, 1.165) is 31.4 Å². The highest BCUT2D eigenvalue weighted by atomic mass is 16.3. The summed E-state index contributed by atoms with van der Waals surface area (Å²) in [6.45, 7) is 1.85. The first kappa shape index (κ1) is 8.72. The molecule has 0 spiro atoms. The van der Waals surface area contributed by atoms with Gasteiger partial charge < -0.3 is 10.5 Å². The van der Waals surface area contributed by atoms with Crippen LogP contribution in [0.5, 0.6) is 0 Å². The van der Waals surface area contributed by atoms with Crippen molar-refractivity contribution in [2.45, 2.75) is 45.1 Å². The Bertz CT molecular complexity index is 144. The highest BCUT2D eigenvalue weighted by molar-refractivity contribution is 5.81. The van der Waals surface area contributed by atoms with Gasteiger partial charge in [-0.1, -0.05) is 12.8 Å². The summed E-state index contributed by atoms with van der Waals surface area (Å²) in [6, 6.07) is 0. The minimum absolute atomic E-state index is 0.150. The summed E-state index contributed by atoms with van der Waals surface area (Å²) < 4.78 is 0. The van der Waals surface area contributed by atoms with Crippen LogP contribution in [0.1, 0.15) is 39.0 Å². The summed E-state index contributed by atoms with van der Waals surface area (Å²) in [7, 11) is 0. The lowest BCUT2D eigenvalue weighted by atomic mass is 9.95. The minimum Gasteiger partial charge on any atom is -0.393 e. The molecular weight excluding hydrogens is 138 g/mol. The highest BCUT2D eigenvalue weighted by Crippen LogP contribution is 2.23. The fourth-order valence-electron chi connectivity index (χ4n) is 1.73. The van der Waals surface area contributed by atoms with Gasteiger partial charge in [0.05, 0.1) is 6.10 Å². The molecule has 2 unspecified atom stereocenters. The van der Waals surface area contributed by atoms with Crippen LogP contribution >= 0.6 is 0 Å². The van der Waals surface area contributed by atoms with Crippen LogP contribution in [0, 0.1) is 11.3 Å². The summed E-state index contributed by atoms with van der Waals surface area (Å²) in [5.74, 6) is 0.354. The first-order valence-corrected chi connectivity index (χ1v) is 4.43. The summed E-state index contributed by atoms with van der Waals surface area (Å²) in [6.07, 6.45) is 5.01. The summed E-state index contributed by atoms with van der Waals surface area (Å²) in [4.78, 5) is 0. The highest BCUT2D eigenvalue weighted by Gasteiger charge is 2.19. The Morgan fingerprint density at radius 2 is 2.00 bits per heavy atom. The van der Waals surface area contributed by atoms with E-state index in [4.69, 9.17) is 5.41 Å². The molecule has 0 bridgehead atoms. The molecule has 1 fully saturated rings. The van der Waals surface area contributed by atoms with Gasteiger partial charge in [-0.25, -0.2) is 0 Å². The number of hydrogen-bond acceptors (Lipinski definition) is 2. The van der Waals surface area contributed by atoms with Gasteiger partial charge in [0, 0.05) is 5.71 Å². The van der Waals surface area contributed by atoms with Crippen molar-refractivity contribution in [3.05, 3.63) is 0 Å². The predicted octanol–water partition coefficient (Wildman–Crippen LogP) is 1.97. The molecule has 1 aliphatic rings. The zero-order valence-corrected chi connectivity index (χ0v) is 7.14. The van der Waals surface area contributed by atoms with Crippen molar-refractivity contribution in [1.82, 2.24) is 0 Å².